The van der Waals surface area contributed by atoms with Gasteiger partial charge in [0.2, 0.25) is 10.0 Å². The number of rotatable bonds is 9. The van der Waals surface area contributed by atoms with E-state index >= 15 is 0 Å². The Morgan fingerprint density at radius 1 is 1.35 bits per heavy atom. The highest BCUT2D eigenvalue weighted by molar-refractivity contribution is 7.89. The zero-order chi connectivity index (χ0) is 17.7. The summed E-state index contributed by atoms with van der Waals surface area (Å²) >= 11 is 0. The average Bonchev–Trinajstić information content (AvgIpc) is 2.42. The number of nitrogens with one attached hydrogen (secondary N) is 1. The molecule has 0 saturated carbocycles. The summed E-state index contributed by atoms with van der Waals surface area (Å²) in [5.74, 6) is -1.31. The number of aliphatic carboxylic acids is 1. The van der Waals surface area contributed by atoms with Crippen LogP contribution in [0, 0.1) is 10.1 Å². The Balaban J connectivity index is 2.73. The molecule has 0 aliphatic carbocycles. The minimum absolute atomic E-state index is 0.00149. The third-order valence-corrected chi connectivity index (χ3v) is 4.83. The van der Waals surface area contributed by atoms with Crippen LogP contribution in [0.2, 0.25) is 0 Å². The Bertz CT molecular complexity index is 684. The highest BCUT2D eigenvalue weighted by atomic mass is 32.2. The second-order valence-electron chi connectivity index (χ2n) is 5.83. The quantitative estimate of drug-likeness (QED) is 0.518. The predicted molar refractivity (Wildman–Crippen MR) is 84.7 cm³/mol. The fourth-order valence-corrected chi connectivity index (χ4v) is 3.62. The fourth-order valence-electron chi connectivity index (χ4n) is 2.09. The zero-order valence-electron chi connectivity index (χ0n) is 13.0. The summed E-state index contributed by atoms with van der Waals surface area (Å²) in [5.41, 5.74) is -0.682. The van der Waals surface area contributed by atoms with Gasteiger partial charge in [-0.25, -0.2) is 13.1 Å². The van der Waals surface area contributed by atoms with Crippen molar-refractivity contribution < 1.29 is 23.2 Å². The normalized spacial score (nSPS) is 12.1. The Hall–Kier alpha value is -2.00. The molecule has 0 aliphatic rings. The highest BCUT2D eigenvalue weighted by Crippen LogP contribution is 2.19. The lowest BCUT2D eigenvalue weighted by Gasteiger charge is -2.25. The molecule has 9 heteroatoms. The van der Waals surface area contributed by atoms with E-state index in [1.807, 2.05) is 0 Å². The molecule has 2 N–H and O–H groups in total. The van der Waals surface area contributed by atoms with Crippen molar-refractivity contribution in [3.05, 3.63) is 39.9 Å². The van der Waals surface area contributed by atoms with Crippen molar-refractivity contribution in [1.29, 1.82) is 0 Å². The number of sulfonamides is 1. The zero-order valence-corrected chi connectivity index (χ0v) is 13.8. The SMILES string of the molecule is CC(C)(CCC(=O)O)NS(=O)(=O)CCc1ccccc1[N+](=O)[O-]. The van der Waals surface area contributed by atoms with E-state index < -0.39 is 26.5 Å². The summed E-state index contributed by atoms with van der Waals surface area (Å²) in [4.78, 5) is 20.9. The van der Waals surface area contributed by atoms with Crippen LogP contribution in [0.4, 0.5) is 5.69 Å². The van der Waals surface area contributed by atoms with Crippen molar-refractivity contribution in [3.8, 4) is 0 Å². The molecule has 0 saturated heterocycles. The topological polar surface area (TPSA) is 127 Å². The lowest BCUT2D eigenvalue weighted by atomic mass is 10.0. The van der Waals surface area contributed by atoms with E-state index in [4.69, 9.17) is 5.11 Å². The monoisotopic (exact) mass is 344 g/mol. The van der Waals surface area contributed by atoms with E-state index in [0.29, 0.717) is 5.56 Å². The van der Waals surface area contributed by atoms with Gasteiger partial charge in [-0.2, -0.15) is 0 Å². The number of aryl methyl sites for hydroxylation is 1. The second kappa shape index (κ2) is 7.51. The van der Waals surface area contributed by atoms with Crippen molar-refractivity contribution >= 4 is 21.7 Å². The molecule has 0 aromatic heterocycles. The second-order valence-corrected chi connectivity index (χ2v) is 7.68. The molecular formula is C14H20N2O6S. The molecule has 1 rings (SSSR count). The van der Waals surface area contributed by atoms with Crippen LogP contribution in [0.15, 0.2) is 24.3 Å². The van der Waals surface area contributed by atoms with Gasteiger partial charge in [0, 0.05) is 23.6 Å². The minimum Gasteiger partial charge on any atom is -0.481 e. The lowest BCUT2D eigenvalue weighted by Crippen LogP contribution is -2.44. The maximum absolute atomic E-state index is 12.1. The summed E-state index contributed by atoms with van der Waals surface area (Å²) in [6, 6.07) is 5.97. The van der Waals surface area contributed by atoms with E-state index in [1.54, 1.807) is 19.9 Å². The number of carbonyl (C=O) groups is 1. The Morgan fingerprint density at radius 2 is 1.96 bits per heavy atom. The van der Waals surface area contributed by atoms with E-state index in [2.05, 4.69) is 4.72 Å². The van der Waals surface area contributed by atoms with E-state index in [1.165, 1.54) is 18.2 Å². The summed E-state index contributed by atoms with van der Waals surface area (Å²) in [6.07, 6.45) is -0.00573. The molecule has 23 heavy (non-hydrogen) atoms. The van der Waals surface area contributed by atoms with Crippen LogP contribution >= 0.6 is 0 Å². The van der Waals surface area contributed by atoms with Crippen molar-refractivity contribution in [1.82, 2.24) is 4.72 Å². The molecule has 0 heterocycles. The molecule has 0 fully saturated rings. The van der Waals surface area contributed by atoms with Crippen molar-refractivity contribution in [3.63, 3.8) is 0 Å². The molecule has 0 amide bonds. The first-order valence-electron chi connectivity index (χ1n) is 6.98. The molecule has 1 aromatic carbocycles. The number of hydrogen-bond acceptors (Lipinski definition) is 5. The number of carboxylic acid groups (broad SMARTS) is 1. The van der Waals surface area contributed by atoms with E-state index in [0.717, 1.165) is 0 Å². The van der Waals surface area contributed by atoms with Crippen molar-refractivity contribution in [2.24, 2.45) is 0 Å². The lowest BCUT2D eigenvalue weighted by molar-refractivity contribution is -0.385. The number of nitro groups is 1. The largest absolute Gasteiger partial charge is 0.481 e. The molecule has 0 aliphatic heterocycles. The van der Waals surface area contributed by atoms with Gasteiger partial charge >= 0.3 is 5.97 Å². The maximum Gasteiger partial charge on any atom is 0.303 e. The summed E-state index contributed by atoms with van der Waals surface area (Å²) in [5, 5.41) is 19.6. The molecule has 0 spiro atoms. The van der Waals surface area contributed by atoms with Crippen LogP contribution in [-0.2, 0) is 21.2 Å². The van der Waals surface area contributed by atoms with Crippen molar-refractivity contribution in [2.75, 3.05) is 5.75 Å². The molecule has 0 atom stereocenters. The van der Waals surface area contributed by atoms with E-state index in [-0.39, 0.29) is 30.7 Å². The first-order chi connectivity index (χ1) is 10.5. The van der Waals surface area contributed by atoms with Gasteiger partial charge in [-0.1, -0.05) is 18.2 Å². The number of hydrogen-bond donors (Lipinski definition) is 2. The smallest absolute Gasteiger partial charge is 0.303 e. The number of nitrogens with zero attached hydrogens (tertiary/aromatic N) is 1. The van der Waals surface area contributed by atoms with Crippen LogP contribution in [0.3, 0.4) is 0 Å². The third-order valence-electron chi connectivity index (χ3n) is 3.22. The van der Waals surface area contributed by atoms with Gasteiger partial charge in [0.15, 0.2) is 0 Å². The summed E-state index contributed by atoms with van der Waals surface area (Å²) in [6.45, 7) is 3.19. The minimum atomic E-state index is -3.69. The van der Waals surface area contributed by atoms with Gasteiger partial charge in [0.1, 0.15) is 0 Å². The number of benzene rings is 1. The Morgan fingerprint density at radius 3 is 2.52 bits per heavy atom. The maximum atomic E-state index is 12.1. The Kier molecular flexibility index (Phi) is 6.22. The van der Waals surface area contributed by atoms with Gasteiger partial charge < -0.3 is 5.11 Å². The molecule has 1 aromatic rings. The molecule has 0 radical (unpaired) electrons. The van der Waals surface area contributed by atoms with Gasteiger partial charge in [-0.05, 0) is 26.7 Å². The van der Waals surface area contributed by atoms with Crippen molar-refractivity contribution in [2.45, 2.75) is 38.6 Å². The highest BCUT2D eigenvalue weighted by Gasteiger charge is 2.26. The standard InChI is InChI=1S/C14H20N2O6S/c1-14(2,9-7-13(17)18)15-23(21,22)10-8-11-5-3-4-6-12(11)16(19)20/h3-6,15H,7-10H2,1-2H3,(H,17,18). The molecule has 128 valence electrons. The first-order valence-corrected chi connectivity index (χ1v) is 8.63. The van der Waals surface area contributed by atoms with Crippen LogP contribution < -0.4 is 4.72 Å². The van der Waals surface area contributed by atoms with Gasteiger partial charge in [-0.15, -0.1) is 0 Å². The summed E-state index contributed by atoms with van der Waals surface area (Å²) < 4.78 is 26.7. The summed E-state index contributed by atoms with van der Waals surface area (Å²) in [7, 11) is -3.69. The average molecular weight is 344 g/mol. The molecule has 0 unspecified atom stereocenters. The Labute approximate surface area is 134 Å². The molecule has 8 nitrogen and oxygen atoms in total. The number of para-hydroxylation sites is 1. The number of nitro benzene ring substituents is 1. The molecule has 0 bridgehead atoms. The van der Waals surface area contributed by atoms with Gasteiger partial charge in [-0.3, -0.25) is 14.9 Å². The van der Waals surface area contributed by atoms with Crippen LogP contribution in [0.5, 0.6) is 0 Å². The predicted octanol–water partition coefficient (Wildman–Crippen LogP) is 1.70. The van der Waals surface area contributed by atoms with Crippen LogP contribution in [0.1, 0.15) is 32.3 Å². The van der Waals surface area contributed by atoms with Gasteiger partial charge in [0.25, 0.3) is 5.69 Å². The van der Waals surface area contributed by atoms with E-state index in [9.17, 15) is 23.3 Å². The fraction of sp³-hybridized carbons (Fsp3) is 0.500. The van der Waals surface area contributed by atoms with Crippen LogP contribution in [-0.4, -0.2) is 35.7 Å². The third kappa shape index (κ3) is 6.74. The molecular weight excluding hydrogens is 324 g/mol. The number of carboxylic acids is 1. The first kappa shape index (κ1) is 19.0. The van der Waals surface area contributed by atoms with Gasteiger partial charge in [0.05, 0.1) is 10.7 Å². The van der Waals surface area contributed by atoms with Crippen LogP contribution in [0.25, 0.3) is 0 Å².